The number of benzene rings is 1. The molecular formula is C9H9ClFNO2. The van der Waals surface area contributed by atoms with E-state index in [0.29, 0.717) is 5.56 Å². The number of nitrogens with two attached hydrogens (primary N) is 1. The highest BCUT2D eigenvalue weighted by Crippen LogP contribution is 2.23. The molecule has 3 nitrogen and oxygen atoms in total. The third kappa shape index (κ3) is 2.21. The van der Waals surface area contributed by atoms with Crippen molar-refractivity contribution in [2.75, 3.05) is 0 Å². The molecule has 1 unspecified atom stereocenters. The molecule has 0 amide bonds. The summed E-state index contributed by atoms with van der Waals surface area (Å²) < 4.78 is 12.2. The number of alkyl halides is 1. The van der Waals surface area contributed by atoms with Crippen LogP contribution in [0.25, 0.3) is 0 Å². The van der Waals surface area contributed by atoms with Gasteiger partial charge >= 0.3 is 5.97 Å². The average Bonchev–Trinajstić information content (AvgIpc) is 2.16. The molecule has 0 aliphatic heterocycles. The summed E-state index contributed by atoms with van der Waals surface area (Å²) in [5.74, 6) is -1.17. The van der Waals surface area contributed by atoms with E-state index in [1.807, 2.05) is 0 Å². The Labute approximate surface area is 85.3 Å². The lowest BCUT2D eigenvalue weighted by molar-refractivity contribution is -0.138. The second-order valence-corrected chi connectivity index (χ2v) is 3.21. The molecule has 0 radical (unpaired) electrons. The predicted octanol–water partition coefficient (Wildman–Crippen LogP) is 1.89. The van der Waals surface area contributed by atoms with E-state index in [9.17, 15) is 9.18 Å². The van der Waals surface area contributed by atoms with Gasteiger partial charge in [-0.15, -0.1) is 0 Å². The van der Waals surface area contributed by atoms with E-state index in [1.54, 1.807) is 0 Å². The van der Waals surface area contributed by atoms with E-state index in [4.69, 9.17) is 22.4 Å². The predicted molar refractivity (Wildman–Crippen MR) is 50.8 cm³/mol. The van der Waals surface area contributed by atoms with Gasteiger partial charge in [0.15, 0.2) is 0 Å². The van der Waals surface area contributed by atoms with Crippen LogP contribution in [0.3, 0.4) is 0 Å². The first-order valence-electron chi connectivity index (χ1n) is 3.89. The molecule has 0 fully saturated rings. The molecule has 0 bridgehead atoms. The third-order valence-electron chi connectivity index (χ3n) is 1.82. The van der Waals surface area contributed by atoms with Crippen molar-refractivity contribution in [2.45, 2.75) is 12.7 Å². The molecule has 1 rings (SSSR count). The molecule has 0 spiro atoms. The van der Waals surface area contributed by atoms with Gasteiger partial charge in [-0.2, -0.15) is 0 Å². The van der Waals surface area contributed by atoms with Crippen LogP contribution in [0, 0.1) is 0 Å². The van der Waals surface area contributed by atoms with Crippen molar-refractivity contribution in [3.8, 4) is 0 Å². The first-order valence-corrected chi connectivity index (χ1v) is 4.26. The van der Waals surface area contributed by atoms with Gasteiger partial charge in [0.05, 0.1) is 0 Å². The van der Waals surface area contributed by atoms with E-state index >= 15 is 0 Å². The molecule has 0 heterocycles. The fourth-order valence-electron chi connectivity index (χ4n) is 1.04. The first-order chi connectivity index (χ1) is 6.56. The number of carbonyl (C=O) groups is 1. The van der Waals surface area contributed by atoms with Crippen molar-refractivity contribution in [1.82, 2.24) is 0 Å². The highest BCUT2D eigenvalue weighted by molar-refractivity contribution is 6.31. The highest BCUT2D eigenvalue weighted by Gasteiger charge is 2.17. The number of rotatable bonds is 3. The number of hydrogen-bond acceptors (Lipinski definition) is 2. The van der Waals surface area contributed by atoms with E-state index < -0.39 is 18.7 Å². The molecule has 0 aliphatic carbocycles. The number of carboxylic acids is 1. The Morgan fingerprint density at radius 3 is 2.71 bits per heavy atom. The molecule has 0 aromatic heterocycles. The summed E-state index contributed by atoms with van der Waals surface area (Å²) in [5, 5.41) is 8.80. The lowest BCUT2D eigenvalue weighted by Crippen LogP contribution is -2.20. The van der Waals surface area contributed by atoms with E-state index in [1.165, 1.54) is 18.2 Å². The maximum absolute atomic E-state index is 12.2. The molecule has 0 saturated heterocycles. The molecule has 0 saturated carbocycles. The van der Waals surface area contributed by atoms with Gasteiger partial charge in [-0.25, -0.2) is 4.39 Å². The molecule has 14 heavy (non-hydrogen) atoms. The minimum absolute atomic E-state index is 0.176. The van der Waals surface area contributed by atoms with Crippen molar-refractivity contribution >= 4 is 17.6 Å². The summed E-state index contributed by atoms with van der Waals surface area (Å²) in [7, 11) is 0. The van der Waals surface area contributed by atoms with Crippen LogP contribution in [-0.4, -0.2) is 11.1 Å². The van der Waals surface area contributed by atoms with Gasteiger partial charge in [0.2, 0.25) is 0 Å². The lowest BCUT2D eigenvalue weighted by Gasteiger charge is -2.09. The first kappa shape index (κ1) is 10.9. The van der Waals surface area contributed by atoms with Crippen LogP contribution in [0.4, 0.5) is 4.39 Å². The van der Waals surface area contributed by atoms with Crippen molar-refractivity contribution in [2.24, 2.45) is 5.73 Å². The zero-order chi connectivity index (χ0) is 10.7. The summed E-state index contributed by atoms with van der Waals surface area (Å²) in [6.07, 6.45) is 0. The Morgan fingerprint density at radius 1 is 1.64 bits per heavy atom. The van der Waals surface area contributed by atoms with Gasteiger partial charge < -0.3 is 10.8 Å². The summed E-state index contributed by atoms with van der Waals surface area (Å²) in [5.41, 5.74) is 6.04. The Kier molecular flexibility index (Phi) is 3.43. The van der Waals surface area contributed by atoms with E-state index in [-0.39, 0.29) is 10.6 Å². The van der Waals surface area contributed by atoms with Crippen molar-refractivity contribution in [3.63, 3.8) is 0 Å². The summed E-state index contributed by atoms with van der Waals surface area (Å²) in [6.45, 7) is -0.637. The maximum atomic E-state index is 12.2. The van der Waals surface area contributed by atoms with Crippen LogP contribution in [0.2, 0.25) is 5.02 Å². The molecule has 5 heteroatoms. The molecule has 3 N–H and O–H groups in total. The van der Waals surface area contributed by atoms with Gasteiger partial charge in [-0.05, 0) is 17.2 Å². The largest absolute Gasteiger partial charge is 0.480 e. The molecule has 1 aromatic carbocycles. The molecule has 76 valence electrons. The van der Waals surface area contributed by atoms with Crippen LogP contribution in [0.1, 0.15) is 17.2 Å². The van der Waals surface area contributed by atoms with Crippen molar-refractivity contribution in [1.29, 1.82) is 0 Å². The normalized spacial score (nSPS) is 12.5. The van der Waals surface area contributed by atoms with Gasteiger partial charge in [0, 0.05) is 5.02 Å². The molecule has 0 aliphatic rings. The standard InChI is InChI=1S/C9H9ClFNO2/c10-7-3-5(4-11)1-2-6(7)8(12)9(13)14/h1-3,8H,4,12H2,(H,13,14). The maximum Gasteiger partial charge on any atom is 0.325 e. The smallest absolute Gasteiger partial charge is 0.325 e. The summed E-state index contributed by atoms with van der Waals surface area (Å²) in [6, 6.07) is 3.09. The number of aliphatic carboxylic acids is 1. The number of hydrogen-bond donors (Lipinski definition) is 2. The van der Waals surface area contributed by atoms with Crippen molar-refractivity contribution < 1.29 is 14.3 Å². The highest BCUT2D eigenvalue weighted by atomic mass is 35.5. The van der Waals surface area contributed by atoms with Gasteiger partial charge in [0.1, 0.15) is 12.7 Å². The number of halogens is 2. The summed E-state index contributed by atoms with van der Waals surface area (Å²) >= 11 is 5.74. The van der Waals surface area contributed by atoms with E-state index in [0.717, 1.165) is 0 Å². The molecule has 1 aromatic rings. The van der Waals surface area contributed by atoms with Crippen LogP contribution in [-0.2, 0) is 11.5 Å². The minimum atomic E-state index is -1.17. The fourth-order valence-corrected chi connectivity index (χ4v) is 1.36. The zero-order valence-corrected chi connectivity index (χ0v) is 7.96. The monoisotopic (exact) mass is 217 g/mol. The Morgan fingerprint density at radius 2 is 2.29 bits per heavy atom. The van der Waals surface area contributed by atoms with Crippen LogP contribution < -0.4 is 5.73 Å². The third-order valence-corrected chi connectivity index (χ3v) is 2.15. The molecular weight excluding hydrogens is 209 g/mol. The van der Waals surface area contributed by atoms with Gasteiger partial charge in [-0.3, -0.25) is 4.79 Å². The van der Waals surface area contributed by atoms with Crippen LogP contribution in [0.15, 0.2) is 18.2 Å². The fraction of sp³-hybridized carbons (Fsp3) is 0.222. The second kappa shape index (κ2) is 4.39. The Hall–Kier alpha value is -1.13. The van der Waals surface area contributed by atoms with Gasteiger partial charge in [0.25, 0.3) is 0 Å². The van der Waals surface area contributed by atoms with Crippen molar-refractivity contribution in [3.05, 3.63) is 34.3 Å². The van der Waals surface area contributed by atoms with Gasteiger partial charge in [-0.1, -0.05) is 23.7 Å². The van der Waals surface area contributed by atoms with Crippen LogP contribution >= 0.6 is 11.6 Å². The Bertz CT molecular complexity index is 357. The minimum Gasteiger partial charge on any atom is -0.480 e. The topological polar surface area (TPSA) is 63.3 Å². The molecule has 1 atom stereocenters. The zero-order valence-electron chi connectivity index (χ0n) is 7.21. The number of carboxylic acid groups (broad SMARTS) is 1. The lowest BCUT2D eigenvalue weighted by atomic mass is 10.1. The second-order valence-electron chi connectivity index (χ2n) is 2.81. The summed E-state index contributed by atoms with van der Waals surface area (Å²) in [4.78, 5) is 10.5. The van der Waals surface area contributed by atoms with E-state index in [2.05, 4.69) is 0 Å². The SMILES string of the molecule is NC(C(=O)O)c1ccc(CF)cc1Cl. The Balaban J connectivity index is 3.05. The average molecular weight is 218 g/mol. The van der Waals surface area contributed by atoms with Crippen LogP contribution in [0.5, 0.6) is 0 Å². The quantitative estimate of drug-likeness (QED) is 0.813.